The molecule has 0 radical (unpaired) electrons. The van der Waals surface area contributed by atoms with E-state index in [1.165, 1.54) is 13.8 Å². The fraction of sp³-hybridized carbons (Fsp3) is 0.250. The van der Waals surface area contributed by atoms with Gasteiger partial charge in [-0.15, -0.1) is 0 Å². The molecule has 0 fully saturated rings. The lowest BCUT2D eigenvalue weighted by Gasteiger charge is -2.16. The third-order valence-corrected chi connectivity index (χ3v) is 3.72. The molecule has 0 aliphatic rings. The lowest BCUT2D eigenvalue weighted by molar-refractivity contribution is -0.128. The number of hydrogen-bond acceptors (Lipinski definition) is 4. The molecule has 0 aliphatic heterocycles. The minimum Gasteiger partial charge on any atom is -0.484 e. The maximum absolute atomic E-state index is 12.1. The van der Waals surface area contributed by atoms with Crippen molar-refractivity contribution in [3.05, 3.63) is 65.7 Å². The van der Waals surface area contributed by atoms with Gasteiger partial charge in [-0.1, -0.05) is 42.5 Å². The number of rotatable bonds is 8. The first-order chi connectivity index (χ1) is 12.0. The summed E-state index contributed by atoms with van der Waals surface area (Å²) >= 11 is 0. The van der Waals surface area contributed by atoms with Crippen molar-refractivity contribution >= 4 is 17.5 Å². The normalized spacial score (nSPS) is 11.4. The summed E-state index contributed by atoms with van der Waals surface area (Å²) in [5.41, 5.74) is 1.49. The molecule has 2 aromatic rings. The van der Waals surface area contributed by atoms with E-state index in [1.807, 2.05) is 30.3 Å². The third-order valence-electron chi connectivity index (χ3n) is 3.72. The fourth-order valence-electron chi connectivity index (χ4n) is 2.34. The zero-order valence-electron chi connectivity index (χ0n) is 14.3. The van der Waals surface area contributed by atoms with Crippen LogP contribution < -0.4 is 10.1 Å². The van der Waals surface area contributed by atoms with Crippen LogP contribution in [0.15, 0.2) is 54.6 Å². The first-order valence-corrected chi connectivity index (χ1v) is 8.03. The predicted molar refractivity (Wildman–Crippen MR) is 94.7 cm³/mol. The van der Waals surface area contributed by atoms with Crippen molar-refractivity contribution in [1.29, 1.82) is 0 Å². The number of nitrogens with one attached hydrogen (secondary N) is 1. The molecule has 0 aromatic heterocycles. The fourth-order valence-corrected chi connectivity index (χ4v) is 2.34. The summed E-state index contributed by atoms with van der Waals surface area (Å²) in [6.45, 7) is 2.69. The molecule has 5 nitrogen and oxygen atoms in total. The largest absolute Gasteiger partial charge is 0.484 e. The highest BCUT2D eigenvalue weighted by molar-refractivity contribution is 5.94. The quantitative estimate of drug-likeness (QED) is 0.750. The lowest BCUT2D eigenvalue weighted by Crippen LogP contribution is -2.43. The number of benzene rings is 2. The third kappa shape index (κ3) is 5.88. The summed E-state index contributed by atoms with van der Waals surface area (Å²) in [7, 11) is 0. The van der Waals surface area contributed by atoms with E-state index in [1.54, 1.807) is 24.3 Å². The van der Waals surface area contributed by atoms with Crippen molar-refractivity contribution < 1.29 is 19.1 Å². The summed E-state index contributed by atoms with van der Waals surface area (Å²) in [5.74, 6) is -0.139. The first kappa shape index (κ1) is 18.4. The monoisotopic (exact) mass is 339 g/mol. The van der Waals surface area contributed by atoms with Crippen LogP contribution in [0.2, 0.25) is 0 Å². The van der Waals surface area contributed by atoms with Gasteiger partial charge in [-0.3, -0.25) is 14.4 Å². The van der Waals surface area contributed by atoms with E-state index in [9.17, 15) is 14.4 Å². The van der Waals surface area contributed by atoms with Gasteiger partial charge < -0.3 is 10.1 Å². The molecule has 130 valence electrons. The Bertz CT molecular complexity index is 755. The molecule has 1 amide bonds. The highest BCUT2D eigenvalue weighted by atomic mass is 16.5. The summed E-state index contributed by atoms with van der Waals surface area (Å²) in [6, 6.07) is 15.5. The number of carbonyl (C=O) groups excluding carboxylic acids is 3. The first-order valence-electron chi connectivity index (χ1n) is 8.03. The van der Waals surface area contributed by atoms with Gasteiger partial charge in [0.1, 0.15) is 5.75 Å². The Morgan fingerprint density at radius 2 is 1.72 bits per heavy atom. The van der Waals surface area contributed by atoms with Crippen LogP contribution in [0, 0.1) is 0 Å². The predicted octanol–water partition coefficient (Wildman–Crippen LogP) is 2.58. The van der Waals surface area contributed by atoms with Gasteiger partial charge in [0.05, 0.1) is 6.04 Å². The molecule has 0 bridgehead atoms. The van der Waals surface area contributed by atoms with Gasteiger partial charge in [-0.05, 0) is 38.0 Å². The van der Waals surface area contributed by atoms with E-state index >= 15 is 0 Å². The summed E-state index contributed by atoms with van der Waals surface area (Å²) in [5, 5.41) is 2.69. The van der Waals surface area contributed by atoms with Gasteiger partial charge in [-0.25, -0.2) is 0 Å². The molecule has 2 rings (SSSR count). The van der Waals surface area contributed by atoms with Gasteiger partial charge in [0.25, 0.3) is 5.91 Å². The Hall–Kier alpha value is -2.95. The van der Waals surface area contributed by atoms with E-state index < -0.39 is 6.04 Å². The van der Waals surface area contributed by atoms with E-state index in [0.29, 0.717) is 17.7 Å². The smallest absolute Gasteiger partial charge is 0.258 e. The van der Waals surface area contributed by atoms with Gasteiger partial charge in [0.2, 0.25) is 0 Å². The summed E-state index contributed by atoms with van der Waals surface area (Å²) in [6.07, 6.45) is 0.432. The molecule has 1 atom stereocenters. The Balaban J connectivity index is 1.92. The minimum absolute atomic E-state index is 0.0746. The number of carbonyl (C=O) groups is 3. The molecule has 0 unspecified atom stereocenters. The van der Waals surface area contributed by atoms with Crippen molar-refractivity contribution in [3.8, 4) is 5.75 Å². The number of ether oxygens (including phenoxy) is 1. The molecule has 5 heteroatoms. The second kappa shape index (κ2) is 8.78. The molecule has 1 N–H and O–H groups in total. The minimum atomic E-state index is -0.595. The van der Waals surface area contributed by atoms with Gasteiger partial charge in [0.15, 0.2) is 18.2 Å². The lowest BCUT2D eigenvalue weighted by atomic mass is 10.0. The second-order valence-electron chi connectivity index (χ2n) is 5.79. The van der Waals surface area contributed by atoms with Gasteiger partial charge in [-0.2, -0.15) is 0 Å². The zero-order chi connectivity index (χ0) is 18.2. The van der Waals surface area contributed by atoms with Crippen LogP contribution in [-0.4, -0.2) is 30.1 Å². The maximum Gasteiger partial charge on any atom is 0.258 e. The van der Waals surface area contributed by atoms with Crippen LogP contribution in [0.3, 0.4) is 0 Å². The Morgan fingerprint density at radius 1 is 1.00 bits per heavy atom. The maximum atomic E-state index is 12.1. The molecule has 0 spiro atoms. The molecule has 2 aromatic carbocycles. The van der Waals surface area contributed by atoms with E-state index in [-0.39, 0.29) is 24.1 Å². The summed E-state index contributed by atoms with van der Waals surface area (Å²) in [4.78, 5) is 35.2. The van der Waals surface area contributed by atoms with Gasteiger partial charge >= 0.3 is 0 Å². The molecule has 0 saturated carbocycles. The molecular formula is C20H21NO4. The molecule has 25 heavy (non-hydrogen) atoms. The summed E-state index contributed by atoms with van der Waals surface area (Å²) < 4.78 is 5.41. The SMILES string of the molecule is CC(=O)c1cccc(OCC(=O)N[C@H](Cc2ccccc2)C(C)=O)c1. The average molecular weight is 339 g/mol. The molecular weight excluding hydrogens is 318 g/mol. The van der Waals surface area contributed by atoms with Crippen LogP contribution in [0.25, 0.3) is 0 Å². The van der Waals surface area contributed by atoms with Crippen molar-refractivity contribution in [3.63, 3.8) is 0 Å². The van der Waals surface area contributed by atoms with E-state index in [4.69, 9.17) is 4.74 Å². The Morgan fingerprint density at radius 3 is 2.36 bits per heavy atom. The van der Waals surface area contributed by atoms with E-state index in [0.717, 1.165) is 5.56 Å². The highest BCUT2D eigenvalue weighted by Gasteiger charge is 2.18. The Kier molecular flexibility index (Phi) is 6.46. The van der Waals surface area contributed by atoms with Crippen molar-refractivity contribution in [2.75, 3.05) is 6.61 Å². The average Bonchev–Trinajstić information content (AvgIpc) is 2.60. The topological polar surface area (TPSA) is 72.5 Å². The van der Waals surface area contributed by atoms with E-state index in [2.05, 4.69) is 5.32 Å². The van der Waals surface area contributed by atoms with Crippen molar-refractivity contribution in [2.45, 2.75) is 26.3 Å². The molecule has 0 aliphatic carbocycles. The molecule has 0 heterocycles. The van der Waals surface area contributed by atoms with Crippen LogP contribution in [-0.2, 0) is 16.0 Å². The number of amides is 1. The zero-order valence-corrected chi connectivity index (χ0v) is 14.3. The van der Waals surface area contributed by atoms with Crippen LogP contribution in [0.4, 0.5) is 0 Å². The molecule has 0 saturated heterocycles. The standard InChI is InChI=1S/C20H21NO4/c1-14(22)17-9-6-10-18(12-17)25-13-20(24)21-19(15(2)23)11-16-7-4-3-5-8-16/h3-10,12,19H,11,13H2,1-2H3,(H,21,24)/t19-/m1/s1. The Labute approximate surface area is 147 Å². The van der Waals surface area contributed by atoms with Crippen molar-refractivity contribution in [2.24, 2.45) is 0 Å². The number of Topliss-reactive ketones (excluding diaryl/α,β-unsaturated/α-hetero) is 2. The van der Waals surface area contributed by atoms with Crippen LogP contribution in [0.1, 0.15) is 29.8 Å². The van der Waals surface area contributed by atoms with Gasteiger partial charge in [0, 0.05) is 5.56 Å². The van der Waals surface area contributed by atoms with Crippen LogP contribution >= 0.6 is 0 Å². The van der Waals surface area contributed by atoms with Crippen molar-refractivity contribution in [1.82, 2.24) is 5.32 Å². The highest BCUT2D eigenvalue weighted by Crippen LogP contribution is 2.13. The number of hydrogen-bond donors (Lipinski definition) is 1. The van der Waals surface area contributed by atoms with Crippen LogP contribution in [0.5, 0.6) is 5.75 Å². The number of ketones is 2. The second-order valence-corrected chi connectivity index (χ2v) is 5.79.